The zero-order valence-electron chi connectivity index (χ0n) is 14.4. The molecule has 3 aliphatic heterocycles. The Morgan fingerprint density at radius 3 is 2.96 bits per heavy atom. The van der Waals surface area contributed by atoms with E-state index in [9.17, 15) is 9.18 Å². The van der Waals surface area contributed by atoms with Gasteiger partial charge in [0.05, 0.1) is 25.7 Å². The minimum atomic E-state index is -0.201. The molecule has 0 spiro atoms. The first-order valence-corrected chi connectivity index (χ1v) is 9.19. The maximum absolute atomic E-state index is 13.4. The molecule has 1 aromatic rings. The number of benzene rings is 1. The molecule has 5 nitrogen and oxygen atoms in total. The molecule has 1 aromatic carbocycles. The number of halogens is 1. The summed E-state index contributed by atoms with van der Waals surface area (Å²) in [6.07, 6.45) is 2.01. The number of hydrogen-bond donors (Lipinski definition) is 0. The fraction of sp³-hybridized carbons (Fsp3) is 0.632. The molecule has 0 bridgehead atoms. The molecule has 3 atom stereocenters. The van der Waals surface area contributed by atoms with E-state index in [4.69, 9.17) is 9.57 Å². The third-order valence-corrected chi connectivity index (χ3v) is 5.57. The van der Waals surface area contributed by atoms with Gasteiger partial charge < -0.3 is 4.74 Å². The lowest BCUT2D eigenvalue weighted by molar-refractivity contribution is -0.207. The third kappa shape index (κ3) is 3.71. The molecule has 0 saturated carbocycles. The van der Waals surface area contributed by atoms with E-state index in [0.29, 0.717) is 44.7 Å². The van der Waals surface area contributed by atoms with Gasteiger partial charge in [-0.2, -0.15) is 0 Å². The van der Waals surface area contributed by atoms with Crippen molar-refractivity contribution in [2.45, 2.75) is 19.4 Å². The predicted octanol–water partition coefficient (Wildman–Crippen LogP) is 2.07. The van der Waals surface area contributed by atoms with Gasteiger partial charge in [-0.05, 0) is 42.4 Å². The smallest absolute Gasteiger partial charge is 0.251 e. The zero-order valence-corrected chi connectivity index (χ0v) is 14.4. The number of rotatable bonds is 3. The molecule has 0 unspecified atom stereocenters. The van der Waals surface area contributed by atoms with Crippen LogP contribution in [0.4, 0.5) is 4.39 Å². The van der Waals surface area contributed by atoms with Gasteiger partial charge in [-0.1, -0.05) is 12.1 Å². The minimum absolute atomic E-state index is 0.0713. The van der Waals surface area contributed by atoms with Crippen LogP contribution in [0, 0.1) is 23.6 Å². The molecule has 3 saturated heterocycles. The van der Waals surface area contributed by atoms with Crippen molar-refractivity contribution in [1.82, 2.24) is 9.96 Å². The largest absolute Gasteiger partial charge is 0.380 e. The van der Waals surface area contributed by atoms with Gasteiger partial charge in [-0.15, -0.1) is 0 Å². The maximum atomic E-state index is 13.4. The Kier molecular flexibility index (Phi) is 5.01. The predicted molar refractivity (Wildman–Crippen MR) is 89.9 cm³/mol. The highest BCUT2D eigenvalue weighted by atomic mass is 19.1. The standard InChI is InChI=1S/C19H25FN2O3/c20-16-5-3-4-14(8-16)9-21-10-15-12-24-13-18(17(15)11-21)19(23)22-6-1-2-7-25-22/h3-5,8,15,17-18H,1-2,6-7,9-13H2/t15-,17-,18+/m1/s1. The van der Waals surface area contributed by atoms with Gasteiger partial charge in [0, 0.05) is 26.2 Å². The number of amides is 1. The summed E-state index contributed by atoms with van der Waals surface area (Å²) < 4.78 is 19.1. The Morgan fingerprint density at radius 2 is 2.16 bits per heavy atom. The number of hydroxylamine groups is 2. The highest BCUT2D eigenvalue weighted by molar-refractivity contribution is 5.78. The molecule has 4 rings (SSSR count). The normalized spacial score (nSPS) is 30.3. The molecular weight excluding hydrogens is 323 g/mol. The van der Waals surface area contributed by atoms with E-state index in [1.165, 1.54) is 6.07 Å². The average Bonchev–Trinajstić information content (AvgIpc) is 3.04. The average molecular weight is 348 g/mol. The summed E-state index contributed by atoms with van der Waals surface area (Å²) in [6.45, 7) is 4.95. The van der Waals surface area contributed by atoms with Crippen LogP contribution in [0.3, 0.4) is 0 Å². The second-order valence-corrected chi connectivity index (χ2v) is 7.37. The van der Waals surface area contributed by atoms with Gasteiger partial charge in [0.2, 0.25) is 0 Å². The van der Waals surface area contributed by atoms with E-state index < -0.39 is 0 Å². The van der Waals surface area contributed by atoms with Crippen LogP contribution in [-0.4, -0.2) is 55.3 Å². The van der Waals surface area contributed by atoms with E-state index in [0.717, 1.165) is 31.5 Å². The van der Waals surface area contributed by atoms with Crippen LogP contribution in [0.5, 0.6) is 0 Å². The topological polar surface area (TPSA) is 42.0 Å². The number of fused-ring (bicyclic) bond motifs is 1. The SMILES string of the molecule is O=C([C@H]1COC[C@H]2CN(Cc3cccc(F)c3)C[C@H]21)N1CCCCO1. The Balaban J connectivity index is 1.42. The first-order valence-electron chi connectivity index (χ1n) is 9.19. The van der Waals surface area contributed by atoms with Crippen LogP contribution in [0.1, 0.15) is 18.4 Å². The van der Waals surface area contributed by atoms with Crippen molar-refractivity contribution in [3.8, 4) is 0 Å². The lowest BCUT2D eigenvalue weighted by Crippen LogP contribution is -2.47. The van der Waals surface area contributed by atoms with Crippen molar-refractivity contribution >= 4 is 5.91 Å². The Bertz CT molecular complexity index is 620. The van der Waals surface area contributed by atoms with Crippen LogP contribution < -0.4 is 0 Å². The minimum Gasteiger partial charge on any atom is -0.380 e. The number of ether oxygens (including phenoxy) is 1. The van der Waals surface area contributed by atoms with E-state index in [1.54, 1.807) is 17.2 Å². The fourth-order valence-corrected chi connectivity index (χ4v) is 4.32. The molecule has 1 amide bonds. The summed E-state index contributed by atoms with van der Waals surface area (Å²) >= 11 is 0. The second kappa shape index (κ2) is 7.40. The molecule has 3 heterocycles. The molecule has 3 aliphatic rings. The number of carbonyl (C=O) groups excluding carboxylic acids is 1. The summed E-state index contributed by atoms with van der Waals surface area (Å²) in [7, 11) is 0. The monoisotopic (exact) mass is 348 g/mol. The summed E-state index contributed by atoms with van der Waals surface area (Å²) in [4.78, 5) is 20.7. The third-order valence-electron chi connectivity index (χ3n) is 5.57. The zero-order chi connectivity index (χ0) is 17.2. The van der Waals surface area contributed by atoms with Crippen molar-refractivity contribution in [3.05, 3.63) is 35.6 Å². The van der Waals surface area contributed by atoms with E-state index >= 15 is 0 Å². The van der Waals surface area contributed by atoms with Crippen LogP contribution in [0.2, 0.25) is 0 Å². The molecule has 25 heavy (non-hydrogen) atoms. The van der Waals surface area contributed by atoms with Crippen molar-refractivity contribution < 1.29 is 18.8 Å². The summed E-state index contributed by atoms with van der Waals surface area (Å²) in [5.41, 5.74) is 0.974. The Hall–Kier alpha value is -1.50. The number of hydrogen-bond acceptors (Lipinski definition) is 4. The molecule has 3 fully saturated rings. The lowest BCUT2D eigenvalue weighted by atomic mass is 9.82. The van der Waals surface area contributed by atoms with Crippen molar-refractivity contribution in [1.29, 1.82) is 0 Å². The van der Waals surface area contributed by atoms with Crippen LogP contribution in [0.15, 0.2) is 24.3 Å². The maximum Gasteiger partial charge on any atom is 0.251 e. The highest BCUT2D eigenvalue weighted by Gasteiger charge is 2.45. The first kappa shape index (κ1) is 16.9. The Morgan fingerprint density at radius 1 is 1.24 bits per heavy atom. The molecule has 0 radical (unpaired) electrons. The van der Waals surface area contributed by atoms with Gasteiger partial charge in [0.1, 0.15) is 5.82 Å². The highest BCUT2D eigenvalue weighted by Crippen LogP contribution is 2.36. The van der Waals surface area contributed by atoms with E-state index in [-0.39, 0.29) is 17.6 Å². The van der Waals surface area contributed by atoms with E-state index in [1.807, 2.05) is 6.07 Å². The van der Waals surface area contributed by atoms with Gasteiger partial charge in [0.15, 0.2) is 0 Å². The quantitative estimate of drug-likeness (QED) is 0.839. The van der Waals surface area contributed by atoms with Crippen molar-refractivity contribution in [2.75, 3.05) is 39.5 Å². The lowest BCUT2D eigenvalue weighted by Gasteiger charge is -2.36. The van der Waals surface area contributed by atoms with Gasteiger partial charge >= 0.3 is 0 Å². The first-order chi connectivity index (χ1) is 12.2. The van der Waals surface area contributed by atoms with Gasteiger partial charge in [0.25, 0.3) is 5.91 Å². The molecule has 0 N–H and O–H groups in total. The summed E-state index contributed by atoms with van der Waals surface area (Å²) in [5.74, 6) is 0.394. The molecular formula is C19H25FN2O3. The number of carbonyl (C=O) groups is 1. The van der Waals surface area contributed by atoms with E-state index in [2.05, 4.69) is 4.90 Å². The molecule has 0 aliphatic carbocycles. The molecule has 6 heteroatoms. The fourth-order valence-electron chi connectivity index (χ4n) is 4.32. The van der Waals surface area contributed by atoms with Crippen molar-refractivity contribution in [3.63, 3.8) is 0 Å². The van der Waals surface area contributed by atoms with Crippen molar-refractivity contribution in [2.24, 2.45) is 17.8 Å². The van der Waals surface area contributed by atoms with Crippen LogP contribution in [-0.2, 0) is 20.9 Å². The second-order valence-electron chi connectivity index (χ2n) is 7.37. The number of nitrogens with zero attached hydrogens (tertiary/aromatic N) is 2. The summed E-state index contributed by atoms with van der Waals surface area (Å²) in [6, 6.07) is 6.75. The van der Waals surface area contributed by atoms with Gasteiger partial charge in [-0.3, -0.25) is 14.5 Å². The van der Waals surface area contributed by atoms with Gasteiger partial charge in [-0.25, -0.2) is 9.45 Å². The van der Waals surface area contributed by atoms with Crippen LogP contribution in [0.25, 0.3) is 0 Å². The van der Waals surface area contributed by atoms with Crippen LogP contribution >= 0.6 is 0 Å². The summed E-state index contributed by atoms with van der Waals surface area (Å²) in [5, 5.41) is 1.55. The molecule has 0 aromatic heterocycles. The number of likely N-dealkylation sites (tertiary alicyclic amines) is 1. The molecule has 136 valence electrons. The Labute approximate surface area is 147 Å².